The second-order valence-corrected chi connectivity index (χ2v) is 6.42. The number of halogens is 1. The minimum atomic E-state index is -1.06. The molecule has 0 aliphatic rings. The summed E-state index contributed by atoms with van der Waals surface area (Å²) >= 11 is 0. The standard InChI is InChI=1S/C17H21N3O2S.HI/c1-22-13-14-7-5-6-10-16(14)20-17(18)19-11-12-23(21)15-8-3-2-4-9-15;/h2-10H,11-13H2,1H3,(H3,18,19,20);1H. The molecule has 1 atom stereocenters. The molecule has 2 rings (SSSR count). The molecule has 0 aliphatic heterocycles. The molecule has 0 fully saturated rings. The van der Waals surface area contributed by atoms with Gasteiger partial charge in [-0.2, -0.15) is 0 Å². The summed E-state index contributed by atoms with van der Waals surface area (Å²) < 4.78 is 17.2. The maximum Gasteiger partial charge on any atom is 0.193 e. The number of hydrogen-bond donors (Lipinski definition) is 2. The number of ether oxygens (including phenoxy) is 1. The fourth-order valence-corrected chi connectivity index (χ4v) is 2.99. The van der Waals surface area contributed by atoms with E-state index in [1.165, 1.54) is 0 Å². The fraction of sp³-hybridized carbons (Fsp3) is 0.235. The molecular weight excluding hydrogens is 437 g/mol. The van der Waals surface area contributed by atoms with Crippen molar-refractivity contribution in [3.63, 3.8) is 0 Å². The van der Waals surface area contributed by atoms with Gasteiger partial charge >= 0.3 is 0 Å². The summed E-state index contributed by atoms with van der Waals surface area (Å²) in [6.45, 7) is 0.890. The molecule has 3 N–H and O–H groups in total. The van der Waals surface area contributed by atoms with Crippen LogP contribution in [-0.2, 0) is 22.1 Å². The highest BCUT2D eigenvalue weighted by molar-refractivity contribution is 14.0. The van der Waals surface area contributed by atoms with Crippen molar-refractivity contribution in [2.24, 2.45) is 10.7 Å². The third-order valence-electron chi connectivity index (χ3n) is 3.14. The molecule has 0 radical (unpaired) electrons. The molecule has 2 aromatic carbocycles. The molecule has 0 bridgehead atoms. The molecular formula is C17H22IN3O2S. The zero-order valence-electron chi connectivity index (χ0n) is 13.5. The Morgan fingerprint density at radius 2 is 1.83 bits per heavy atom. The SMILES string of the molecule is COCc1ccccc1NC(N)=NCCS(=O)c1ccccc1.I. The number of guanidine groups is 1. The van der Waals surface area contributed by atoms with Crippen LogP contribution in [0.25, 0.3) is 0 Å². The molecule has 0 saturated heterocycles. The number of aliphatic imine (C=N–C) groups is 1. The molecule has 1 unspecified atom stereocenters. The highest BCUT2D eigenvalue weighted by Gasteiger charge is 2.04. The number of nitrogens with two attached hydrogens (primary N) is 1. The summed E-state index contributed by atoms with van der Waals surface area (Å²) in [5, 5.41) is 3.06. The number of rotatable bonds is 7. The summed E-state index contributed by atoms with van der Waals surface area (Å²) in [6.07, 6.45) is 0. The van der Waals surface area contributed by atoms with E-state index in [1.807, 2.05) is 54.6 Å². The van der Waals surface area contributed by atoms with Gasteiger partial charge in [0.05, 0.1) is 24.0 Å². The van der Waals surface area contributed by atoms with Crippen LogP contribution in [0.5, 0.6) is 0 Å². The van der Waals surface area contributed by atoms with Gasteiger partial charge in [-0.25, -0.2) is 0 Å². The van der Waals surface area contributed by atoms with Crippen LogP contribution in [-0.4, -0.2) is 29.6 Å². The Hall–Kier alpha value is -1.45. The maximum absolute atomic E-state index is 12.1. The van der Waals surface area contributed by atoms with Crippen LogP contribution in [0.1, 0.15) is 5.56 Å². The molecule has 0 aromatic heterocycles. The number of anilines is 1. The van der Waals surface area contributed by atoms with Gasteiger partial charge < -0.3 is 15.8 Å². The van der Waals surface area contributed by atoms with Crippen molar-refractivity contribution in [1.29, 1.82) is 0 Å². The van der Waals surface area contributed by atoms with Crippen molar-refractivity contribution in [2.45, 2.75) is 11.5 Å². The second kappa shape index (κ2) is 11.2. The van der Waals surface area contributed by atoms with Crippen LogP contribution in [0.15, 0.2) is 64.5 Å². The molecule has 0 aliphatic carbocycles. The van der Waals surface area contributed by atoms with Gasteiger partial charge in [0.15, 0.2) is 5.96 Å². The first-order valence-corrected chi connectivity index (χ1v) is 8.60. The van der Waals surface area contributed by atoms with E-state index in [-0.39, 0.29) is 24.0 Å². The Morgan fingerprint density at radius 1 is 1.17 bits per heavy atom. The summed E-state index contributed by atoms with van der Waals surface area (Å²) in [5.41, 5.74) is 7.76. The number of nitrogens with zero attached hydrogens (tertiary/aromatic N) is 1. The smallest absolute Gasteiger partial charge is 0.193 e. The Kier molecular flexibility index (Phi) is 9.58. The van der Waals surface area contributed by atoms with Crippen molar-refractivity contribution in [1.82, 2.24) is 0 Å². The highest BCUT2D eigenvalue weighted by atomic mass is 127. The van der Waals surface area contributed by atoms with Gasteiger partial charge in [-0.3, -0.25) is 9.20 Å². The van der Waals surface area contributed by atoms with E-state index >= 15 is 0 Å². The van der Waals surface area contributed by atoms with Gasteiger partial charge in [0.1, 0.15) is 0 Å². The lowest BCUT2D eigenvalue weighted by molar-refractivity contribution is 0.185. The first-order chi connectivity index (χ1) is 11.2. The van der Waals surface area contributed by atoms with Crippen LogP contribution in [0, 0.1) is 0 Å². The highest BCUT2D eigenvalue weighted by Crippen LogP contribution is 2.15. The third kappa shape index (κ3) is 6.58. The van der Waals surface area contributed by atoms with Gasteiger partial charge in [0.25, 0.3) is 0 Å². The monoisotopic (exact) mass is 459 g/mol. The van der Waals surface area contributed by atoms with E-state index in [2.05, 4.69) is 10.3 Å². The summed E-state index contributed by atoms with van der Waals surface area (Å²) in [5.74, 6) is 0.741. The van der Waals surface area contributed by atoms with E-state index in [1.54, 1.807) is 7.11 Å². The number of benzene rings is 2. The Morgan fingerprint density at radius 3 is 2.54 bits per heavy atom. The van der Waals surface area contributed by atoms with Crippen molar-refractivity contribution < 1.29 is 8.95 Å². The first kappa shape index (κ1) is 20.6. The fourth-order valence-electron chi connectivity index (χ4n) is 2.04. The molecule has 0 heterocycles. The summed E-state index contributed by atoms with van der Waals surface area (Å²) in [7, 11) is 0.582. The molecule has 2 aromatic rings. The number of hydrogen-bond acceptors (Lipinski definition) is 3. The van der Waals surface area contributed by atoms with E-state index in [0.29, 0.717) is 24.9 Å². The van der Waals surface area contributed by atoms with Crippen molar-refractivity contribution in [2.75, 3.05) is 24.7 Å². The van der Waals surface area contributed by atoms with Gasteiger partial charge in [-0.1, -0.05) is 36.4 Å². The predicted octanol–water partition coefficient (Wildman–Crippen LogP) is 2.99. The molecule has 5 nitrogen and oxygen atoms in total. The number of para-hydroxylation sites is 1. The molecule has 0 amide bonds. The lowest BCUT2D eigenvalue weighted by Crippen LogP contribution is -2.24. The topological polar surface area (TPSA) is 76.7 Å². The van der Waals surface area contributed by atoms with Crippen molar-refractivity contribution in [3.05, 3.63) is 60.2 Å². The van der Waals surface area contributed by atoms with E-state index in [0.717, 1.165) is 16.1 Å². The maximum atomic E-state index is 12.1. The second-order valence-electron chi connectivity index (χ2n) is 4.84. The zero-order valence-corrected chi connectivity index (χ0v) is 16.6. The summed E-state index contributed by atoms with van der Waals surface area (Å²) in [6, 6.07) is 17.1. The quantitative estimate of drug-likeness (QED) is 0.379. The number of nitrogens with one attached hydrogen (secondary N) is 1. The van der Waals surface area contributed by atoms with Crippen LogP contribution in [0.4, 0.5) is 5.69 Å². The molecule has 130 valence electrons. The molecule has 24 heavy (non-hydrogen) atoms. The van der Waals surface area contributed by atoms with Crippen LogP contribution in [0.3, 0.4) is 0 Å². The first-order valence-electron chi connectivity index (χ1n) is 7.28. The Bertz CT molecular complexity index is 681. The minimum absolute atomic E-state index is 0. The Balaban J connectivity index is 0.00000288. The largest absolute Gasteiger partial charge is 0.380 e. The van der Waals surface area contributed by atoms with E-state index in [4.69, 9.17) is 10.5 Å². The Labute approximate surface area is 162 Å². The molecule has 7 heteroatoms. The van der Waals surface area contributed by atoms with Crippen molar-refractivity contribution >= 4 is 46.4 Å². The molecule has 0 spiro atoms. The van der Waals surface area contributed by atoms with Crippen LogP contribution >= 0.6 is 24.0 Å². The minimum Gasteiger partial charge on any atom is -0.380 e. The van der Waals surface area contributed by atoms with Gasteiger partial charge in [0.2, 0.25) is 0 Å². The normalized spacial score (nSPS) is 12.3. The van der Waals surface area contributed by atoms with Crippen LogP contribution < -0.4 is 11.1 Å². The lowest BCUT2D eigenvalue weighted by Gasteiger charge is -2.10. The predicted molar refractivity (Wildman–Crippen MR) is 110 cm³/mol. The lowest BCUT2D eigenvalue weighted by atomic mass is 10.2. The summed E-state index contributed by atoms with van der Waals surface area (Å²) in [4.78, 5) is 5.04. The number of methoxy groups -OCH3 is 1. The van der Waals surface area contributed by atoms with Gasteiger partial charge in [0, 0.05) is 29.0 Å². The zero-order chi connectivity index (χ0) is 16.5. The average Bonchev–Trinajstić information content (AvgIpc) is 2.57. The van der Waals surface area contributed by atoms with E-state index in [9.17, 15) is 4.21 Å². The van der Waals surface area contributed by atoms with Gasteiger partial charge in [-0.15, -0.1) is 24.0 Å². The average molecular weight is 459 g/mol. The third-order valence-corrected chi connectivity index (χ3v) is 4.50. The van der Waals surface area contributed by atoms with Gasteiger partial charge in [-0.05, 0) is 18.2 Å². The molecule has 0 saturated carbocycles. The van der Waals surface area contributed by atoms with Crippen molar-refractivity contribution in [3.8, 4) is 0 Å². The van der Waals surface area contributed by atoms with Crippen LogP contribution in [0.2, 0.25) is 0 Å². The van der Waals surface area contributed by atoms with E-state index < -0.39 is 10.8 Å².